The molecule has 0 unspecified atom stereocenters. The number of fused-ring (bicyclic) bond motifs is 1. The Labute approximate surface area is 150 Å². The van der Waals surface area contributed by atoms with Crippen molar-refractivity contribution in [2.75, 3.05) is 0 Å². The van der Waals surface area contributed by atoms with E-state index in [0.717, 1.165) is 27.6 Å². The Balaban J connectivity index is 1.82. The Morgan fingerprint density at radius 2 is 1.52 bits per heavy atom. The number of hydrogen-bond donors (Lipinski definition) is 0. The summed E-state index contributed by atoms with van der Waals surface area (Å²) in [4.78, 5) is 0. The SMILES string of the molecule is Cc1cc(Oc2nnc(-c3ccccc3)c3ccccc23)ccc1Cl. The Kier molecular flexibility index (Phi) is 4.08. The number of hydrogen-bond acceptors (Lipinski definition) is 3. The number of aromatic nitrogens is 2. The monoisotopic (exact) mass is 346 g/mol. The second-order valence-electron chi connectivity index (χ2n) is 5.78. The van der Waals surface area contributed by atoms with Gasteiger partial charge in [-0.15, -0.1) is 10.2 Å². The molecule has 3 aromatic carbocycles. The van der Waals surface area contributed by atoms with E-state index in [-0.39, 0.29) is 0 Å². The molecule has 4 aromatic rings. The van der Waals surface area contributed by atoms with Crippen molar-refractivity contribution >= 4 is 22.4 Å². The van der Waals surface area contributed by atoms with Crippen LogP contribution in [0.15, 0.2) is 72.8 Å². The van der Waals surface area contributed by atoms with Gasteiger partial charge in [-0.3, -0.25) is 0 Å². The third kappa shape index (κ3) is 3.06. The summed E-state index contributed by atoms with van der Waals surface area (Å²) in [6, 6.07) is 23.6. The topological polar surface area (TPSA) is 35.0 Å². The fourth-order valence-corrected chi connectivity index (χ4v) is 2.87. The quantitative estimate of drug-likeness (QED) is 0.453. The Morgan fingerprint density at radius 1 is 0.800 bits per heavy atom. The van der Waals surface area contributed by atoms with Gasteiger partial charge < -0.3 is 4.74 Å². The normalized spacial score (nSPS) is 10.8. The van der Waals surface area contributed by atoms with E-state index in [2.05, 4.69) is 10.2 Å². The van der Waals surface area contributed by atoms with E-state index >= 15 is 0 Å². The molecule has 0 atom stereocenters. The van der Waals surface area contributed by atoms with E-state index in [4.69, 9.17) is 16.3 Å². The first-order valence-corrected chi connectivity index (χ1v) is 8.35. The molecule has 0 bridgehead atoms. The van der Waals surface area contributed by atoms with Crippen LogP contribution in [0.4, 0.5) is 0 Å². The molecule has 1 heterocycles. The van der Waals surface area contributed by atoms with Crippen LogP contribution in [0.1, 0.15) is 5.56 Å². The van der Waals surface area contributed by atoms with Crippen molar-refractivity contribution in [3.05, 3.63) is 83.4 Å². The highest BCUT2D eigenvalue weighted by atomic mass is 35.5. The molecule has 0 radical (unpaired) electrons. The zero-order valence-electron chi connectivity index (χ0n) is 13.6. The van der Waals surface area contributed by atoms with Gasteiger partial charge >= 0.3 is 0 Å². The molecule has 0 aliphatic rings. The third-order valence-electron chi connectivity index (χ3n) is 4.04. The van der Waals surface area contributed by atoms with Crippen molar-refractivity contribution in [3.8, 4) is 22.9 Å². The van der Waals surface area contributed by atoms with Gasteiger partial charge in [-0.1, -0.05) is 60.1 Å². The molecule has 0 fully saturated rings. The minimum Gasteiger partial charge on any atom is -0.437 e. The Morgan fingerprint density at radius 3 is 2.28 bits per heavy atom. The highest BCUT2D eigenvalue weighted by Crippen LogP contribution is 2.33. The standard InChI is InChI=1S/C21H15ClN2O/c1-14-13-16(11-12-19(14)22)25-21-18-10-6-5-9-17(18)20(23-24-21)15-7-3-2-4-8-15/h2-13H,1H3. The summed E-state index contributed by atoms with van der Waals surface area (Å²) in [7, 11) is 0. The average Bonchev–Trinajstić information content (AvgIpc) is 2.66. The molecule has 1 aromatic heterocycles. The van der Waals surface area contributed by atoms with Gasteiger partial charge in [0.15, 0.2) is 0 Å². The van der Waals surface area contributed by atoms with Crippen molar-refractivity contribution in [2.45, 2.75) is 6.92 Å². The van der Waals surface area contributed by atoms with Crippen LogP contribution in [0, 0.1) is 6.92 Å². The molecular weight excluding hydrogens is 332 g/mol. The molecule has 0 aliphatic carbocycles. The summed E-state index contributed by atoms with van der Waals surface area (Å²) in [6.45, 7) is 1.94. The maximum atomic E-state index is 6.08. The molecule has 0 spiro atoms. The minimum absolute atomic E-state index is 0.483. The largest absolute Gasteiger partial charge is 0.437 e. The summed E-state index contributed by atoms with van der Waals surface area (Å²) in [5.41, 5.74) is 2.83. The van der Waals surface area contributed by atoms with Crippen LogP contribution >= 0.6 is 11.6 Å². The van der Waals surface area contributed by atoms with Crippen molar-refractivity contribution in [2.24, 2.45) is 0 Å². The van der Waals surface area contributed by atoms with E-state index in [1.54, 1.807) is 0 Å². The van der Waals surface area contributed by atoms with Crippen LogP contribution in [-0.2, 0) is 0 Å². The van der Waals surface area contributed by atoms with Gasteiger partial charge in [-0.2, -0.15) is 0 Å². The van der Waals surface area contributed by atoms with E-state index in [1.165, 1.54) is 0 Å². The Hall–Kier alpha value is -2.91. The van der Waals surface area contributed by atoms with Crippen LogP contribution < -0.4 is 4.74 Å². The summed E-state index contributed by atoms with van der Waals surface area (Å²) in [5, 5.41) is 11.4. The molecule has 0 saturated heterocycles. The summed E-state index contributed by atoms with van der Waals surface area (Å²) < 4.78 is 5.99. The molecule has 3 nitrogen and oxygen atoms in total. The van der Waals surface area contributed by atoms with Crippen molar-refractivity contribution in [1.29, 1.82) is 0 Å². The molecule has 4 rings (SSSR count). The van der Waals surface area contributed by atoms with Gasteiger partial charge in [0.05, 0.1) is 0 Å². The lowest BCUT2D eigenvalue weighted by atomic mass is 10.1. The van der Waals surface area contributed by atoms with E-state index in [9.17, 15) is 0 Å². The lowest BCUT2D eigenvalue weighted by Crippen LogP contribution is -1.96. The van der Waals surface area contributed by atoms with Crippen molar-refractivity contribution in [3.63, 3.8) is 0 Å². The van der Waals surface area contributed by atoms with Crippen LogP contribution in [0.2, 0.25) is 5.02 Å². The third-order valence-corrected chi connectivity index (χ3v) is 4.47. The van der Waals surface area contributed by atoms with Gasteiger partial charge in [0.1, 0.15) is 11.4 Å². The number of nitrogens with zero attached hydrogens (tertiary/aromatic N) is 2. The fraction of sp³-hybridized carbons (Fsp3) is 0.0476. The van der Waals surface area contributed by atoms with E-state index in [0.29, 0.717) is 16.7 Å². The second-order valence-corrected chi connectivity index (χ2v) is 6.19. The Bertz CT molecular complexity index is 1050. The highest BCUT2D eigenvalue weighted by Gasteiger charge is 2.12. The zero-order valence-corrected chi connectivity index (χ0v) is 14.4. The van der Waals surface area contributed by atoms with Crippen LogP contribution in [-0.4, -0.2) is 10.2 Å². The van der Waals surface area contributed by atoms with Gasteiger partial charge in [-0.25, -0.2) is 0 Å². The summed E-state index contributed by atoms with van der Waals surface area (Å²) >= 11 is 6.08. The number of ether oxygens (including phenoxy) is 1. The van der Waals surface area contributed by atoms with Gasteiger partial charge in [0.25, 0.3) is 0 Å². The fourth-order valence-electron chi connectivity index (χ4n) is 2.76. The van der Waals surface area contributed by atoms with Crippen LogP contribution in [0.25, 0.3) is 22.0 Å². The summed E-state index contributed by atoms with van der Waals surface area (Å²) in [6.07, 6.45) is 0. The summed E-state index contributed by atoms with van der Waals surface area (Å²) in [5.74, 6) is 1.17. The first kappa shape index (κ1) is 15.6. The predicted octanol–water partition coefficient (Wildman–Crippen LogP) is 6.05. The molecule has 0 saturated carbocycles. The highest BCUT2D eigenvalue weighted by molar-refractivity contribution is 6.31. The predicted molar refractivity (Wildman–Crippen MR) is 101 cm³/mol. The molecule has 0 N–H and O–H groups in total. The van der Waals surface area contributed by atoms with Gasteiger partial charge in [0, 0.05) is 21.4 Å². The number of rotatable bonds is 3. The van der Waals surface area contributed by atoms with Crippen LogP contribution in [0.5, 0.6) is 11.6 Å². The lowest BCUT2D eigenvalue weighted by Gasteiger charge is -2.11. The molecular formula is C21H15ClN2O. The molecule has 4 heteroatoms. The van der Waals surface area contributed by atoms with Crippen molar-refractivity contribution < 1.29 is 4.74 Å². The minimum atomic E-state index is 0.483. The second kappa shape index (κ2) is 6.54. The molecule has 0 aliphatic heterocycles. The van der Waals surface area contributed by atoms with E-state index in [1.807, 2.05) is 79.7 Å². The lowest BCUT2D eigenvalue weighted by molar-refractivity contribution is 0.462. The first-order chi connectivity index (χ1) is 12.2. The van der Waals surface area contributed by atoms with Gasteiger partial charge in [0.2, 0.25) is 5.88 Å². The maximum Gasteiger partial charge on any atom is 0.246 e. The number of aryl methyl sites for hydroxylation is 1. The first-order valence-electron chi connectivity index (χ1n) is 7.97. The molecule has 122 valence electrons. The smallest absolute Gasteiger partial charge is 0.246 e. The van der Waals surface area contributed by atoms with Crippen LogP contribution in [0.3, 0.4) is 0 Å². The van der Waals surface area contributed by atoms with Gasteiger partial charge in [-0.05, 0) is 36.8 Å². The van der Waals surface area contributed by atoms with E-state index < -0.39 is 0 Å². The zero-order chi connectivity index (χ0) is 17.2. The average molecular weight is 347 g/mol. The molecule has 0 amide bonds. The van der Waals surface area contributed by atoms with Crippen molar-refractivity contribution in [1.82, 2.24) is 10.2 Å². The maximum absolute atomic E-state index is 6.08. The number of halogens is 1. The number of benzene rings is 3. The molecule has 25 heavy (non-hydrogen) atoms.